The van der Waals surface area contributed by atoms with Gasteiger partial charge in [-0.2, -0.15) is 0 Å². The fourth-order valence-corrected chi connectivity index (χ4v) is 3.15. The van der Waals surface area contributed by atoms with Crippen LogP contribution in [0.3, 0.4) is 0 Å². The molecule has 1 aromatic carbocycles. The van der Waals surface area contributed by atoms with Crippen LogP contribution in [0.25, 0.3) is 0 Å². The summed E-state index contributed by atoms with van der Waals surface area (Å²) in [5.41, 5.74) is 0.586. The van der Waals surface area contributed by atoms with E-state index in [0.29, 0.717) is 36.1 Å². The molecule has 0 radical (unpaired) electrons. The monoisotopic (exact) mass is 328 g/mol. The molecule has 1 aliphatic carbocycles. The minimum Gasteiger partial charge on any atom is -0.493 e. The van der Waals surface area contributed by atoms with Gasteiger partial charge >= 0.3 is 0 Å². The van der Waals surface area contributed by atoms with Crippen LogP contribution in [0.2, 0.25) is 0 Å². The summed E-state index contributed by atoms with van der Waals surface area (Å²) in [6, 6.07) is 5.23. The molecule has 7 heteroatoms. The number of hydrogen-bond acceptors (Lipinski definition) is 5. The van der Waals surface area contributed by atoms with Crippen LogP contribution in [-0.2, 0) is 13.1 Å². The summed E-state index contributed by atoms with van der Waals surface area (Å²) >= 11 is 0. The first-order chi connectivity index (χ1) is 11.7. The van der Waals surface area contributed by atoms with Crippen molar-refractivity contribution in [3.05, 3.63) is 35.4 Å². The van der Waals surface area contributed by atoms with Crippen molar-refractivity contribution in [2.45, 2.75) is 31.8 Å². The van der Waals surface area contributed by atoms with Crippen LogP contribution >= 0.6 is 0 Å². The number of hydrogen-bond donors (Lipinski definition) is 0. The van der Waals surface area contributed by atoms with Crippen LogP contribution in [0.5, 0.6) is 11.5 Å². The largest absolute Gasteiger partial charge is 0.493 e. The number of amides is 1. The van der Waals surface area contributed by atoms with Crippen LogP contribution in [0.15, 0.2) is 18.2 Å². The van der Waals surface area contributed by atoms with Gasteiger partial charge < -0.3 is 18.9 Å². The van der Waals surface area contributed by atoms with Gasteiger partial charge in [-0.15, -0.1) is 10.2 Å². The highest BCUT2D eigenvalue weighted by atomic mass is 16.5. The first-order valence-corrected chi connectivity index (χ1v) is 8.14. The first-order valence-electron chi connectivity index (χ1n) is 8.14. The van der Waals surface area contributed by atoms with Crippen molar-refractivity contribution < 1.29 is 14.3 Å². The molecule has 2 aliphatic rings. The molecule has 1 amide bonds. The predicted molar refractivity (Wildman–Crippen MR) is 86.3 cm³/mol. The van der Waals surface area contributed by atoms with Crippen molar-refractivity contribution >= 4 is 5.91 Å². The molecule has 0 N–H and O–H groups in total. The van der Waals surface area contributed by atoms with E-state index in [1.807, 2.05) is 4.90 Å². The van der Waals surface area contributed by atoms with Gasteiger partial charge in [0.25, 0.3) is 5.91 Å². The van der Waals surface area contributed by atoms with Crippen molar-refractivity contribution in [3.8, 4) is 11.5 Å². The van der Waals surface area contributed by atoms with Gasteiger partial charge in [0.1, 0.15) is 5.82 Å². The van der Waals surface area contributed by atoms with E-state index in [-0.39, 0.29) is 5.91 Å². The van der Waals surface area contributed by atoms with Gasteiger partial charge in [-0.05, 0) is 31.0 Å². The third kappa shape index (κ3) is 2.50. The second kappa shape index (κ2) is 5.81. The maximum atomic E-state index is 12.8. The lowest BCUT2D eigenvalue weighted by atomic mass is 10.1. The molecule has 1 aromatic heterocycles. The summed E-state index contributed by atoms with van der Waals surface area (Å²) in [7, 11) is 3.14. The van der Waals surface area contributed by atoms with Crippen molar-refractivity contribution in [3.63, 3.8) is 0 Å². The average Bonchev–Trinajstić information content (AvgIpc) is 3.39. The van der Waals surface area contributed by atoms with E-state index < -0.39 is 0 Å². The molecule has 7 nitrogen and oxygen atoms in total. The number of carbonyl (C=O) groups is 1. The molecule has 0 saturated heterocycles. The lowest BCUT2D eigenvalue weighted by Gasteiger charge is -2.28. The minimum absolute atomic E-state index is 0.0295. The Labute approximate surface area is 140 Å². The number of aromatic nitrogens is 3. The maximum absolute atomic E-state index is 12.8. The third-order valence-corrected chi connectivity index (χ3v) is 4.64. The van der Waals surface area contributed by atoms with Crippen molar-refractivity contribution in [1.29, 1.82) is 0 Å². The van der Waals surface area contributed by atoms with E-state index >= 15 is 0 Å². The average molecular weight is 328 g/mol. The van der Waals surface area contributed by atoms with Crippen LogP contribution in [-0.4, -0.2) is 46.3 Å². The van der Waals surface area contributed by atoms with E-state index in [0.717, 1.165) is 18.2 Å². The lowest BCUT2D eigenvalue weighted by molar-refractivity contribution is 0.0706. The van der Waals surface area contributed by atoms with Crippen LogP contribution in [0.1, 0.15) is 40.8 Å². The molecule has 0 atom stereocenters. The molecular formula is C17H20N4O3. The molecule has 0 bridgehead atoms. The fourth-order valence-electron chi connectivity index (χ4n) is 3.15. The van der Waals surface area contributed by atoms with Crippen LogP contribution < -0.4 is 9.47 Å². The Hall–Kier alpha value is -2.57. The summed E-state index contributed by atoms with van der Waals surface area (Å²) in [5, 5.41) is 8.59. The lowest BCUT2D eigenvalue weighted by Crippen LogP contribution is -2.38. The summed E-state index contributed by atoms with van der Waals surface area (Å²) in [6.07, 6.45) is 2.40. The second-order valence-electron chi connectivity index (χ2n) is 6.20. The highest BCUT2D eigenvalue weighted by molar-refractivity contribution is 5.95. The molecule has 4 rings (SSSR count). The molecule has 1 saturated carbocycles. The van der Waals surface area contributed by atoms with E-state index in [1.54, 1.807) is 32.4 Å². The van der Waals surface area contributed by atoms with Gasteiger partial charge in [0.15, 0.2) is 17.3 Å². The molecule has 0 spiro atoms. The zero-order valence-electron chi connectivity index (χ0n) is 13.9. The number of methoxy groups -OCH3 is 2. The minimum atomic E-state index is -0.0295. The first kappa shape index (κ1) is 15.0. The summed E-state index contributed by atoms with van der Waals surface area (Å²) in [4.78, 5) is 14.6. The maximum Gasteiger partial charge on any atom is 0.254 e. The highest BCUT2D eigenvalue weighted by Crippen LogP contribution is 2.39. The van der Waals surface area contributed by atoms with E-state index in [2.05, 4.69) is 14.8 Å². The molecule has 1 aliphatic heterocycles. The SMILES string of the molecule is COc1ccc(C(=O)N2CCn3c(nnc3C3CC3)C2)cc1OC. The third-order valence-electron chi connectivity index (χ3n) is 4.64. The summed E-state index contributed by atoms with van der Waals surface area (Å²) in [5.74, 6) is 3.67. The number of fused-ring (bicyclic) bond motifs is 1. The van der Waals surface area contributed by atoms with E-state index in [9.17, 15) is 4.79 Å². The second-order valence-corrected chi connectivity index (χ2v) is 6.20. The number of ether oxygens (including phenoxy) is 2. The number of carbonyl (C=O) groups excluding carboxylic acids is 1. The predicted octanol–water partition coefficient (Wildman–Crippen LogP) is 1.83. The standard InChI is InChI=1S/C17H20N4O3/c1-23-13-6-5-12(9-14(13)24-2)17(22)20-7-8-21-15(10-20)18-19-16(21)11-3-4-11/h5-6,9,11H,3-4,7-8,10H2,1-2H3. The molecule has 126 valence electrons. The Balaban J connectivity index is 1.55. The number of benzene rings is 1. The highest BCUT2D eigenvalue weighted by Gasteiger charge is 2.33. The normalized spacial score (nSPS) is 16.7. The quantitative estimate of drug-likeness (QED) is 0.856. The van der Waals surface area contributed by atoms with Crippen LogP contribution in [0.4, 0.5) is 0 Å². The van der Waals surface area contributed by atoms with Gasteiger partial charge in [0.05, 0.1) is 20.8 Å². The smallest absolute Gasteiger partial charge is 0.254 e. The zero-order valence-corrected chi connectivity index (χ0v) is 13.9. The molecular weight excluding hydrogens is 308 g/mol. The molecule has 2 heterocycles. The van der Waals surface area contributed by atoms with Crippen LogP contribution in [0, 0.1) is 0 Å². The van der Waals surface area contributed by atoms with Gasteiger partial charge in [0.2, 0.25) is 0 Å². The fraction of sp³-hybridized carbons (Fsp3) is 0.471. The Morgan fingerprint density at radius 3 is 2.62 bits per heavy atom. The molecule has 2 aromatic rings. The van der Waals surface area contributed by atoms with Crippen molar-refractivity contribution in [2.75, 3.05) is 20.8 Å². The van der Waals surface area contributed by atoms with E-state index in [1.165, 1.54) is 12.8 Å². The Bertz CT molecular complexity index is 782. The Morgan fingerprint density at radius 2 is 1.92 bits per heavy atom. The topological polar surface area (TPSA) is 69.5 Å². The summed E-state index contributed by atoms with van der Waals surface area (Å²) < 4.78 is 12.7. The Kier molecular flexibility index (Phi) is 3.63. The molecule has 0 unspecified atom stereocenters. The number of nitrogens with zero attached hydrogens (tertiary/aromatic N) is 4. The van der Waals surface area contributed by atoms with Gasteiger partial charge in [0, 0.05) is 24.6 Å². The van der Waals surface area contributed by atoms with Crippen molar-refractivity contribution in [2.24, 2.45) is 0 Å². The van der Waals surface area contributed by atoms with Gasteiger partial charge in [-0.1, -0.05) is 0 Å². The number of rotatable bonds is 4. The van der Waals surface area contributed by atoms with Gasteiger partial charge in [-0.3, -0.25) is 4.79 Å². The summed E-state index contributed by atoms with van der Waals surface area (Å²) in [6.45, 7) is 1.91. The van der Waals surface area contributed by atoms with Gasteiger partial charge in [-0.25, -0.2) is 0 Å². The zero-order chi connectivity index (χ0) is 16.7. The van der Waals surface area contributed by atoms with E-state index in [4.69, 9.17) is 9.47 Å². The van der Waals surface area contributed by atoms with Crippen molar-refractivity contribution in [1.82, 2.24) is 19.7 Å². The Morgan fingerprint density at radius 1 is 1.12 bits per heavy atom. The molecule has 1 fully saturated rings. The molecule has 24 heavy (non-hydrogen) atoms.